The third-order valence-electron chi connectivity index (χ3n) is 2.24. The lowest BCUT2D eigenvalue weighted by Crippen LogP contribution is -2.44. The summed E-state index contributed by atoms with van der Waals surface area (Å²) in [7, 11) is 1.22. The third-order valence-corrected chi connectivity index (χ3v) is 3.37. The number of alkyl halides is 3. The highest BCUT2D eigenvalue weighted by atomic mass is 32.2. The van der Waals surface area contributed by atoms with Crippen LogP contribution in [0, 0.1) is 0 Å². The first-order valence-electron chi connectivity index (χ1n) is 5.87. The number of hydrogen-bond donors (Lipinski definition) is 1. The van der Waals surface area contributed by atoms with E-state index in [1.165, 1.54) is 7.05 Å². The Balaban J connectivity index is 2.80. The van der Waals surface area contributed by atoms with Crippen molar-refractivity contribution in [1.29, 1.82) is 0 Å². The largest absolute Gasteiger partial charge is 0.451 e. The predicted octanol–water partition coefficient (Wildman–Crippen LogP) is 2.23. The molecule has 1 heterocycles. The fourth-order valence-electron chi connectivity index (χ4n) is 1.35. The molecule has 1 rings (SSSR count). The second kappa shape index (κ2) is 5.63. The van der Waals surface area contributed by atoms with Gasteiger partial charge >= 0.3 is 6.18 Å². The Labute approximate surface area is 119 Å². The van der Waals surface area contributed by atoms with Crippen molar-refractivity contribution in [2.24, 2.45) is 7.05 Å². The van der Waals surface area contributed by atoms with Crippen molar-refractivity contribution in [3.8, 4) is 0 Å². The van der Waals surface area contributed by atoms with Crippen molar-refractivity contribution in [3.63, 3.8) is 0 Å². The summed E-state index contributed by atoms with van der Waals surface area (Å²) in [5.74, 6) is -1.34. The standard InChI is InChI=1S/C11H17F3N4OS/c1-6(7(19)15-10(2,3)4)20-9-17-16-8(18(9)5)11(12,13)14/h6H,1-5H3,(H,15,19). The Morgan fingerprint density at radius 2 is 1.85 bits per heavy atom. The molecule has 0 spiro atoms. The number of nitrogens with one attached hydrogen (secondary N) is 1. The highest BCUT2D eigenvalue weighted by molar-refractivity contribution is 8.00. The average molecular weight is 310 g/mol. The molecule has 5 nitrogen and oxygen atoms in total. The van der Waals surface area contributed by atoms with Gasteiger partial charge in [-0.05, 0) is 27.7 Å². The average Bonchev–Trinajstić information content (AvgIpc) is 2.57. The van der Waals surface area contributed by atoms with E-state index in [-0.39, 0.29) is 11.1 Å². The molecule has 0 fully saturated rings. The quantitative estimate of drug-likeness (QED) is 0.870. The SMILES string of the molecule is CC(Sc1nnc(C(F)(F)F)n1C)C(=O)NC(C)(C)C. The van der Waals surface area contributed by atoms with Crippen LogP contribution in [0.1, 0.15) is 33.5 Å². The van der Waals surface area contributed by atoms with Gasteiger partial charge in [-0.15, -0.1) is 10.2 Å². The van der Waals surface area contributed by atoms with Crippen LogP contribution in [0.15, 0.2) is 5.16 Å². The fourth-order valence-corrected chi connectivity index (χ4v) is 2.16. The molecule has 1 aromatic heterocycles. The molecular formula is C11H17F3N4OS. The molecule has 0 saturated carbocycles. The number of carbonyl (C=O) groups is 1. The smallest absolute Gasteiger partial charge is 0.351 e. The lowest BCUT2D eigenvalue weighted by atomic mass is 10.1. The van der Waals surface area contributed by atoms with E-state index in [1.54, 1.807) is 6.92 Å². The molecule has 1 N–H and O–H groups in total. The van der Waals surface area contributed by atoms with Crippen LogP contribution in [0.4, 0.5) is 13.2 Å². The van der Waals surface area contributed by atoms with Crippen molar-refractivity contribution in [1.82, 2.24) is 20.1 Å². The summed E-state index contributed by atoms with van der Waals surface area (Å²) >= 11 is 0.933. The molecule has 20 heavy (non-hydrogen) atoms. The second-order valence-electron chi connectivity index (χ2n) is 5.36. The molecule has 114 valence electrons. The summed E-state index contributed by atoms with van der Waals surface area (Å²) in [6, 6.07) is 0. The van der Waals surface area contributed by atoms with Crippen LogP contribution in [-0.4, -0.2) is 31.5 Å². The van der Waals surface area contributed by atoms with E-state index in [0.29, 0.717) is 0 Å². The summed E-state index contributed by atoms with van der Waals surface area (Å²) in [4.78, 5) is 11.9. The molecule has 1 amide bonds. The predicted molar refractivity (Wildman–Crippen MR) is 69.2 cm³/mol. The lowest BCUT2D eigenvalue weighted by Gasteiger charge is -2.22. The maximum absolute atomic E-state index is 12.6. The number of hydrogen-bond acceptors (Lipinski definition) is 4. The van der Waals surface area contributed by atoms with Crippen molar-refractivity contribution in [2.45, 2.75) is 49.8 Å². The van der Waals surface area contributed by atoms with E-state index >= 15 is 0 Å². The number of rotatable bonds is 3. The van der Waals surface area contributed by atoms with Crippen molar-refractivity contribution in [3.05, 3.63) is 5.82 Å². The third kappa shape index (κ3) is 4.39. The van der Waals surface area contributed by atoms with Gasteiger partial charge in [0.25, 0.3) is 0 Å². The lowest BCUT2D eigenvalue weighted by molar-refractivity contribution is -0.147. The molecule has 0 bridgehead atoms. The Hall–Kier alpha value is -1.25. The fraction of sp³-hybridized carbons (Fsp3) is 0.727. The van der Waals surface area contributed by atoms with Crippen LogP contribution in [0.25, 0.3) is 0 Å². The number of nitrogens with zero attached hydrogens (tertiary/aromatic N) is 3. The monoisotopic (exact) mass is 310 g/mol. The van der Waals surface area contributed by atoms with Gasteiger partial charge < -0.3 is 9.88 Å². The highest BCUT2D eigenvalue weighted by Crippen LogP contribution is 2.30. The van der Waals surface area contributed by atoms with E-state index in [4.69, 9.17) is 0 Å². The first kappa shape index (κ1) is 16.8. The van der Waals surface area contributed by atoms with Gasteiger partial charge in [0.05, 0.1) is 5.25 Å². The summed E-state index contributed by atoms with van der Waals surface area (Å²) in [6.07, 6.45) is -4.56. The number of carbonyl (C=O) groups excluding carboxylic acids is 1. The van der Waals surface area contributed by atoms with Gasteiger partial charge in [0.1, 0.15) is 0 Å². The van der Waals surface area contributed by atoms with Gasteiger partial charge in [-0.25, -0.2) is 0 Å². The van der Waals surface area contributed by atoms with Gasteiger partial charge in [0, 0.05) is 12.6 Å². The Morgan fingerprint density at radius 3 is 2.25 bits per heavy atom. The molecule has 1 unspecified atom stereocenters. The van der Waals surface area contributed by atoms with Crippen molar-refractivity contribution in [2.75, 3.05) is 0 Å². The Morgan fingerprint density at radius 1 is 1.30 bits per heavy atom. The normalized spacial score (nSPS) is 14.2. The molecular weight excluding hydrogens is 293 g/mol. The maximum Gasteiger partial charge on any atom is 0.451 e. The van der Waals surface area contributed by atoms with Crippen LogP contribution in [-0.2, 0) is 18.0 Å². The van der Waals surface area contributed by atoms with Gasteiger partial charge in [0.2, 0.25) is 11.7 Å². The summed E-state index contributed by atoms with van der Waals surface area (Å²) in [5.41, 5.74) is -0.400. The molecule has 1 aromatic rings. The number of thioether (sulfide) groups is 1. The van der Waals surface area contributed by atoms with Crippen LogP contribution in [0.3, 0.4) is 0 Å². The van der Waals surface area contributed by atoms with Crippen LogP contribution < -0.4 is 5.32 Å². The van der Waals surface area contributed by atoms with E-state index in [9.17, 15) is 18.0 Å². The van der Waals surface area contributed by atoms with Gasteiger partial charge in [0.15, 0.2) is 5.16 Å². The van der Waals surface area contributed by atoms with Crippen LogP contribution in [0.2, 0.25) is 0 Å². The van der Waals surface area contributed by atoms with E-state index in [2.05, 4.69) is 15.5 Å². The minimum absolute atomic E-state index is 0.0499. The van der Waals surface area contributed by atoms with Crippen LogP contribution in [0.5, 0.6) is 0 Å². The molecule has 0 aliphatic heterocycles. The van der Waals surface area contributed by atoms with E-state index < -0.39 is 22.8 Å². The molecule has 1 atom stereocenters. The summed E-state index contributed by atoms with van der Waals surface area (Å²) in [6.45, 7) is 7.08. The second-order valence-corrected chi connectivity index (χ2v) is 6.67. The zero-order valence-corrected chi connectivity index (χ0v) is 12.7. The molecule has 9 heteroatoms. The van der Waals surface area contributed by atoms with E-state index in [0.717, 1.165) is 16.3 Å². The minimum Gasteiger partial charge on any atom is -0.351 e. The first-order valence-corrected chi connectivity index (χ1v) is 6.75. The number of aromatic nitrogens is 3. The van der Waals surface area contributed by atoms with Gasteiger partial charge in [-0.3, -0.25) is 4.79 Å². The molecule has 0 radical (unpaired) electrons. The maximum atomic E-state index is 12.6. The Kier molecular flexibility index (Phi) is 4.73. The number of amides is 1. The highest BCUT2D eigenvalue weighted by Gasteiger charge is 2.38. The zero-order valence-electron chi connectivity index (χ0n) is 11.9. The van der Waals surface area contributed by atoms with Crippen LogP contribution >= 0.6 is 11.8 Å². The van der Waals surface area contributed by atoms with Gasteiger partial charge in [-0.2, -0.15) is 13.2 Å². The van der Waals surface area contributed by atoms with Gasteiger partial charge in [-0.1, -0.05) is 11.8 Å². The summed E-state index contributed by atoms with van der Waals surface area (Å²) < 4.78 is 38.5. The molecule has 0 aliphatic carbocycles. The molecule has 0 aromatic carbocycles. The molecule has 0 saturated heterocycles. The Bertz CT molecular complexity index is 493. The number of halogens is 3. The molecule has 0 aliphatic rings. The first-order chi connectivity index (χ1) is 8.92. The topological polar surface area (TPSA) is 59.8 Å². The zero-order chi connectivity index (χ0) is 15.7. The minimum atomic E-state index is -4.56. The van der Waals surface area contributed by atoms with E-state index in [1.807, 2.05) is 20.8 Å². The van der Waals surface area contributed by atoms with Crippen molar-refractivity contribution < 1.29 is 18.0 Å². The summed E-state index contributed by atoms with van der Waals surface area (Å²) in [5, 5.41) is 8.82. The van der Waals surface area contributed by atoms with Crippen molar-refractivity contribution >= 4 is 17.7 Å².